The molecular formula is C10H11N3O. The van der Waals surface area contributed by atoms with Gasteiger partial charge in [0.05, 0.1) is 6.20 Å². The van der Waals surface area contributed by atoms with Crippen molar-refractivity contribution in [1.29, 1.82) is 0 Å². The van der Waals surface area contributed by atoms with Gasteiger partial charge < -0.3 is 9.84 Å². The Morgan fingerprint density at radius 1 is 1.36 bits per heavy atom. The number of hydrogen-bond acceptors (Lipinski definition) is 4. The normalized spacial score (nSPS) is 10.4. The number of pyridine rings is 1. The second-order valence-electron chi connectivity index (χ2n) is 2.95. The molecular weight excluding hydrogens is 178 g/mol. The topological polar surface area (TPSA) is 51.0 Å². The van der Waals surface area contributed by atoms with Crippen molar-refractivity contribution in [1.82, 2.24) is 15.5 Å². The number of nitrogens with zero attached hydrogens (tertiary/aromatic N) is 2. The molecule has 0 amide bonds. The molecule has 4 nitrogen and oxygen atoms in total. The average Bonchev–Trinajstić information content (AvgIpc) is 2.68. The zero-order chi connectivity index (χ0) is 9.80. The molecule has 1 N–H and O–H groups in total. The van der Waals surface area contributed by atoms with Crippen molar-refractivity contribution in [2.45, 2.75) is 6.54 Å². The minimum absolute atomic E-state index is 0.751. The molecule has 0 saturated carbocycles. The maximum Gasteiger partial charge on any atom is 0.171 e. The lowest BCUT2D eigenvalue weighted by molar-refractivity contribution is 0.431. The van der Waals surface area contributed by atoms with Crippen molar-refractivity contribution in [3.8, 4) is 11.3 Å². The van der Waals surface area contributed by atoms with Crippen LogP contribution in [-0.2, 0) is 6.54 Å². The first-order chi connectivity index (χ1) is 6.92. The molecule has 2 aromatic rings. The van der Waals surface area contributed by atoms with Gasteiger partial charge in [-0.25, -0.2) is 0 Å². The van der Waals surface area contributed by atoms with E-state index < -0.39 is 0 Å². The molecule has 2 aromatic heterocycles. The van der Waals surface area contributed by atoms with Crippen molar-refractivity contribution in [2.75, 3.05) is 7.05 Å². The van der Waals surface area contributed by atoms with Crippen molar-refractivity contribution in [3.05, 3.63) is 36.3 Å². The predicted octanol–water partition coefficient (Wildman–Crippen LogP) is 1.46. The molecule has 0 aliphatic carbocycles. The summed E-state index contributed by atoms with van der Waals surface area (Å²) < 4.78 is 5.19. The quantitative estimate of drug-likeness (QED) is 0.794. The Balaban J connectivity index is 2.37. The van der Waals surface area contributed by atoms with E-state index in [9.17, 15) is 0 Å². The van der Waals surface area contributed by atoms with Crippen LogP contribution in [-0.4, -0.2) is 17.2 Å². The summed E-state index contributed by atoms with van der Waals surface area (Å²) in [6.07, 6.45) is 5.20. The van der Waals surface area contributed by atoms with E-state index in [0.717, 1.165) is 23.4 Å². The molecule has 72 valence electrons. The maximum atomic E-state index is 5.19. The molecule has 0 radical (unpaired) electrons. The first-order valence-electron chi connectivity index (χ1n) is 4.40. The third-order valence-electron chi connectivity index (χ3n) is 1.95. The standard InChI is InChI=1S/C10H11N3O/c1-11-6-9-7-13-14-10(9)8-2-4-12-5-3-8/h2-5,7,11H,6H2,1H3. The third-order valence-corrected chi connectivity index (χ3v) is 1.95. The maximum absolute atomic E-state index is 5.19. The van der Waals surface area contributed by atoms with Gasteiger partial charge in [0.1, 0.15) is 0 Å². The van der Waals surface area contributed by atoms with Crippen LogP contribution in [0.4, 0.5) is 0 Å². The molecule has 14 heavy (non-hydrogen) atoms. The van der Waals surface area contributed by atoms with Gasteiger partial charge in [-0.3, -0.25) is 4.98 Å². The van der Waals surface area contributed by atoms with Crippen LogP contribution in [0, 0.1) is 0 Å². The highest BCUT2D eigenvalue weighted by molar-refractivity contribution is 5.59. The lowest BCUT2D eigenvalue weighted by atomic mass is 10.1. The van der Waals surface area contributed by atoms with Gasteiger partial charge in [0.15, 0.2) is 5.76 Å². The van der Waals surface area contributed by atoms with E-state index >= 15 is 0 Å². The van der Waals surface area contributed by atoms with Crippen LogP contribution in [0.25, 0.3) is 11.3 Å². The first-order valence-corrected chi connectivity index (χ1v) is 4.40. The first kappa shape index (κ1) is 8.90. The highest BCUT2D eigenvalue weighted by atomic mass is 16.5. The van der Waals surface area contributed by atoms with Gasteiger partial charge in [-0.2, -0.15) is 0 Å². The van der Waals surface area contributed by atoms with Crippen molar-refractivity contribution in [2.24, 2.45) is 0 Å². The second kappa shape index (κ2) is 4.02. The highest BCUT2D eigenvalue weighted by Crippen LogP contribution is 2.22. The molecule has 0 aromatic carbocycles. The summed E-state index contributed by atoms with van der Waals surface area (Å²) in [6.45, 7) is 0.751. The lowest BCUT2D eigenvalue weighted by Crippen LogP contribution is -2.04. The van der Waals surface area contributed by atoms with Gasteiger partial charge in [0, 0.05) is 30.1 Å². The van der Waals surface area contributed by atoms with Crippen molar-refractivity contribution < 1.29 is 4.52 Å². The molecule has 4 heteroatoms. The van der Waals surface area contributed by atoms with E-state index in [4.69, 9.17) is 4.52 Å². The SMILES string of the molecule is CNCc1cnoc1-c1ccncc1. The smallest absolute Gasteiger partial charge is 0.171 e. The Morgan fingerprint density at radius 2 is 2.14 bits per heavy atom. The fourth-order valence-corrected chi connectivity index (χ4v) is 1.32. The van der Waals surface area contributed by atoms with Gasteiger partial charge in [-0.05, 0) is 19.2 Å². The molecule has 0 atom stereocenters. The van der Waals surface area contributed by atoms with E-state index in [1.54, 1.807) is 18.6 Å². The highest BCUT2D eigenvalue weighted by Gasteiger charge is 2.08. The van der Waals surface area contributed by atoms with Gasteiger partial charge in [-0.1, -0.05) is 5.16 Å². The number of hydrogen-bond donors (Lipinski definition) is 1. The summed E-state index contributed by atoms with van der Waals surface area (Å²) in [4.78, 5) is 3.95. The Kier molecular flexibility index (Phi) is 2.55. The van der Waals surface area contributed by atoms with Crippen molar-refractivity contribution in [3.63, 3.8) is 0 Å². The van der Waals surface area contributed by atoms with Crippen LogP contribution in [0.3, 0.4) is 0 Å². The van der Waals surface area contributed by atoms with Crippen LogP contribution in [0.5, 0.6) is 0 Å². The number of rotatable bonds is 3. The predicted molar refractivity (Wildman–Crippen MR) is 52.5 cm³/mol. The lowest BCUT2D eigenvalue weighted by Gasteiger charge is -1.99. The van der Waals surface area contributed by atoms with Crippen LogP contribution in [0.2, 0.25) is 0 Å². The summed E-state index contributed by atoms with van der Waals surface area (Å²) in [5.41, 5.74) is 2.06. The minimum atomic E-state index is 0.751. The molecule has 0 spiro atoms. The second-order valence-corrected chi connectivity index (χ2v) is 2.95. The van der Waals surface area contributed by atoms with Crippen LogP contribution >= 0.6 is 0 Å². The molecule has 2 heterocycles. The molecule has 0 aliphatic rings. The minimum Gasteiger partial charge on any atom is -0.356 e. The van der Waals surface area contributed by atoms with Gasteiger partial charge in [0.2, 0.25) is 0 Å². The molecule has 0 aliphatic heterocycles. The monoisotopic (exact) mass is 189 g/mol. The molecule has 0 bridgehead atoms. The molecule has 0 fully saturated rings. The zero-order valence-corrected chi connectivity index (χ0v) is 7.90. The molecule has 2 rings (SSSR count). The van der Waals surface area contributed by atoms with Gasteiger partial charge in [-0.15, -0.1) is 0 Å². The van der Waals surface area contributed by atoms with E-state index in [1.807, 2.05) is 19.2 Å². The average molecular weight is 189 g/mol. The number of aromatic nitrogens is 2. The van der Waals surface area contributed by atoms with Gasteiger partial charge >= 0.3 is 0 Å². The summed E-state index contributed by atoms with van der Waals surface area (Å²) in [7, 11) is 1.89. The summed E-state index contributed by atoms with van der Waals surface area (Å²) in [5, 5.41) is 6.85. The van der Waals surface area contributed by atoms with E-state index in [-0.39, 0.29) is 0 Å². The van der Waals surface area contributed by atoms with E-state index in [2.05, 4.69) is 15.5 Å². The largest absolute Gasteiger partial charge is 0.356 e. The fourth-order valence-electron chi connectivity index (χ4n) is 1.32. The fraction of sp³-hybridized carbons (Fsp3) is 0.200. The van der Waals surface area contributed by atoms with Gasteiger partial charge in [0.25, 0.3) is 0 Å². The Morgan fingerprint density at radius 3 is 2.86 bits per heavy atom. The zero-order valence-electron chi connectivity index (χ0n) is 7.90. The third kappa shape index (κ3) is 1.65. The van der Waals surface area contributed by atoms with Crippen LogP contribution in [0.1, 0.15) is 5.56 Å². The Bertz CT molecular complexity index is 397. The van der Waals surface area contributed by atoms with Crippen LogP contribution in [0.15, 0.2) is 35.2 Å². The van der Waals surface area contributed by atoms with E-state index in [1.165, 1.54) is 0 Å². The Hall–Kier alpha value is -1.68. The van der Waals surface area contributed by atoms with Crippen molar-refractivity contribution >= 4 is 0 Å². The molecule has 0 unspecified atom stereocenters. The summed E-state index contributed by atoms with van der Waals surface area (Å²) in [6, 6.07) is 3.80. The molecule has 0 saturated heterocycles. The van der Waals surface area contributed by atoms with E-state index in [0.29, 0.717) is 0 Å². The van der Waals surface area contributed by atoms with Crippen LogP contribution < -0.4 is 5.32 Å². The number of nitrogens with one attached hydrogen (secondary N) is 1. The Labute approximate surface area is 82.0 Å². The summed E-state index contributed by atoms with van der Waals surface area (Å²) >= 11 is 0. The summed E-state index contributed by atoms with van der Waals surface area (Å²) in [5.74, 6) is 0.807.